The van der Waals surface area contributed by atoms with Gasteiger partial charge in [0.2, 0.25) is 6.29 Å². The maximum Gasteiger partial charge on any atom is 0.343 e. The smallest absolute Gasteiger partial charge is 0.343 e. The van der Waals surface area contributed by atoms with Crippen LogP contribution >= 0.6 is 11.6 Å². The number of hydrogen-bond donors (Lipinski definition) is 2. The van der Waals surface area contributed by atoms with Crippen LogP contribution in [0.2, 0.25) is 5.02 Å². The predicted octanol–water partition coefficient (Wildman–Crippen LogP) is 10.0. The molecule has 0 amide bonds. The lowest BCUT2D eigenvalue weighted by atomic mass is 9.51. The number of benzene rings is 3. The molecule has 3 saturated heterocycles. The Morgan fingerprint density at radius 1 is 0.883 bits per heavy atom. The molecule has 0 radical (unpaired) electrons. The quantitative estimate of drug-likeness (QED) is 0.0670. The number of Topliss-reactive ketones (excluding diaryl/α,β-unsaturated/α-hetero) is 2. The zero-order valence-corrected chi connectivity index (χ0v) is 45.9. The fraction of sp³-hybridized carbons (Fsp3) is 0.475. The Hall–Kier alpha value is -5.91. The monoisotopic (exact) mass is 1070 g/mol. The average Bonchev–Trinajstić information content (AvgIpc) is 3.84. The van der Waals surface area contributed by atoms with Crippen molar-refractivity contribution in [1.29, 1.82) is 0 Å². The molecule has 5 aliphatic heterocycles. The first-order valence-corrected chi connectivity index (χ1v) is 26.7. The summed E-state index contributed by atoms with van der Waals surface area (Å²) < 4.78 is 57.4. The zero-order valence-electron chi connectivity index (χ0n) is 45.2. The largest absolute Gasteiger partial charge is 0.482 e. The number of hydrogen-bond acceptors (Lipinski definition) is 15. The molecule has 2 N–H and O–H groups in total. The topological polar surface area (TPSA) is 192 Å². The second-order valence-electron chi connectivity index (χ2n) is 23.0. The third-order valence-corrected chi connectivity index (χ3v) is 16.3. The van der Waals surface area contributed by atoms with Crippen molar-refractivity contribution in [3.63, 3.8) is 0 Å². The Balaban J connectivity index is 1.04. The molecule has 10 atom stereocenters. The van der Waals surface area contributed by atoms with Crippen LogP contribution in [0.25, 0.3) is 6.08 Å². The van der Waals surface area contributed by atoms with E-state index in [9.17, 15) is 19.8 Å². The molecule has 1 saturated carbocycles. The van der Waals surface area contributed by atoms with Gasteiger partial charge >= 0.3 is 11.9 Å². The van der Waals surface area contributed by atoms with Crippen molar-refractivity contribution < 1.29 is 72.0 Å². The lowest BCUT2D eigenvalue weighted by Crippen LogP contribution is -2.72. The first-order valence-electron chi connectivity index (χ1n) is 26.4. The molecular formula is C61H67ClO15. The lowest BCUT2D eigenvalue weighted by Gasteiger charge is -2.56. The van der Waals surface area contributed by atoms with Crippen LogP contribution in [-0.2, 0) is 46.3 Å². The average molecular weight is 1080 g/mol. The predicted molar refractivity (Wildman–Crippen MR) is 284 cm³/mol. The van der Waals surface area contributed by atoms with E-state index < -0.39 is 88.5 Å². The summed E-state index contributed by atoms with van der Waals surface area (Å²) in [6, 6.07) is 13.0. The van der Waals surface area contributed by atoms with Gasteiger partial charge in [-0.3, -0.25) is 9.59 Å². The summed E-state index contributed by atoms with van der Waals surface area (Å²) >= 11 is 6.36. The normalized spacial score (nSPS) is 30.8. The number of allylic oxidation sites excluding steroid dienone is 5. The van der Waals surface area contributed by atoms with Gasteiger partial charge in [0, 0.05) is 45.6 Å². The highest BCUT2D eigenvalue weighted by Crippen LogP contribution is 2.69. The van der Waals surface area contributed by atoms with Crippen LogP contribution in [0, 0.1) is 11.8 Å². The number of aliphatic hydroxyl groups is 2. The van der Waals surface area contributed by atoms with Crippen LogP contribution in [0.3, 0.4) is 0 Å². The van der Waals surface area contributed by atoms with Gasteiger partial charge in [-0.05, 0) is 137 Å². The Morgan fingerprint density at radius 3 is 2.32 bits per heavy atom. The van der Waals surface area contributed by atoms with E-state index in [0.717, 1.165) is 11.1 Å². The third-order valence-electron chi connectivity index (χ3n) is 16.0. The number of esters is 2. The van der Waals surface area contributed by atoms with E-state index in [4.69, 9.17) is 54.2 Å². The van der Waals surface area contributed by atoms with E-state index in [1.54, 1.807) is 57.2 Å². The van der Waals surface area contributed by atoms with Gasteiger partial charge in [0.15, 0.2) is 34.3 Å². The van der Waals surface area contributed by atoms with Crippen LogP contribution in [0.4, 0.5) is 0 Å². The number of fused-ring (bicyclic) bond motifs is 3. The zero-order chi connectivity index (χ0) is 55.1. The van der Waals surface area contributed by atoms with Crippen molar-refractivity contribution in [1.82, 2.24) is 0 Å². The van der Waals surface area contributed by atoms with Gasteiger partial charge in [-0.1, -0.05) is 65.3 Å². The standard InChI is InChI=1S/C61H67ClO15/c1-32(2)14-13-25-59(10)26-24-40-49(75-59)39(22-17-33(3)4)51-45(50(40)73-55(68)35-18-20-38(21-19-35)71-56-48(65)47(64)52-43(72-56)31-70-58(8,9)74-52)46(63)41-28-37-29-44-57(6,7)77-60(53(37)66,61(41,44)76-51)27-23-34(5)54(67)69-30-36-15-11-12-16-42(36)62/h11-12,14-21,23-24,26,28,37,43-44,47-48,52,56,64-65H,13,22,25,27,29-31H2,1-10H3/b34-23-/t37?,43-,44?,47-,48-,52-,56-,59?,60?,61?/m1/s1. The van der Waals surface area contributed by atoms with Crippen LogP contribution < -0.4 is 18.9 Å². The van der Waals surface area contributed by atoms with E-state index in [1.807, 2.05) is 66.7 Å². The SMILES string of the molecule is CC(C)=CCCC1(C)C=Cc2c(c(CC=C(C)C)c3c(c2OC(=O)c2ccc(O[C@@H]4O[C@@H]5COC(C)(C)O[C@H]5[C@H](O)[C@H]4O)cc2)C(=O)C2=CC4CC5C(C)(C)OC(C/C=C(/C)C(=O)OCc6ccccc6Cl)(C4=O)C25O3)O1. The van der Waals surface area contributed by atoms with Crippen LogP contribution in [0.5, 0.6) is 23.0 Å². The Morgan fingerprint density at radius 2 is 1.61 bits per heavy atom. The van der Waals surface area contributed by atoms with Crippen molar-refractivity contribution in [2.75, 3.05) is 6.61 Å². The Bertz CT molecular complexity index is 3080. The van der Waals surface area contributed by atoms with Crippen molar-refractivity contribution in [2.24, 2.45) is 11.8 Å². The van der Waals surface area contributed by atoms with E-state index in [2.05, 4.69) is 6.08 Å². The minimum atomic E-state index is -1.77. The van der Waals surface area contributed by atoms with Crippen LogP contribution in [0.15, 0.2) is 101 Å². The minimum absolute atomic E-state index is 0.00550. The van der Waals surface area contributed by atoms with Gasteiger partial charge in [-0.2, -0.15) is 0 Å². The fourth-order valence-corrected chi connectivity index (χ4v) is 12.2. The second kappa shape index (κ2) is 20.1. The molecule has 3 aromatic rings. The van der Waals surface area contributed by atoms with Crippen LogP contribution in [0.1, 0.15) is 132 Å². The first kappa shape index (κ1) is 54.4. The van der Waals surface area contributed by atoms with Gasteiger partial charge in [-0.15, -0.1) is 0 Å². The molecule has 8 aliphatic rings. The highest BCUT2D eigenvalue weighted by Gasteiger charge is 2.81. The Kier molecular flexibility index (Phi) is 14.2. The van der Waals surface area contributed by atoms with Gasteiger partial charge < -0.3 is 52.8 Å². The summed E-state index contributed by atoms with van der Waals surface area (Å²) in [5.41, 5.74) is -1.14. The summed E-state index contributed by atoms with van der Waals surface area (Å²) in [6.45, 7) is 18.8. The maximum atomic E-state index is 16.0. The molecule has 15 nitrogen and oxygen atoms in total. The molecule has 5 heterocycles. The maximum absolute atomic E-state index is 16.0. The molecule has 16 heteroatoms. The molecule has 77 heavy (non-hydrogen) atoms. The number of carbonyl (C=O) groups excluding carboxylic acids is 4. The second-order valence-corrected chi connectivity index (χ2v) is 23.4. The van der Waals surface area contributed by atoms with Crippen LogP contribution in [-0.4, -0.2) is 99.2 Å². The van der Waals surface area contributed by atoms with E-state index >= 15 is 9.59 Å². The molecule has 4 bridgehead atoms. The molecular weight excluding hydrogens is 1010 g/mol. The number of ketones is 2. The molecule has 408 valence electrons. The number of carbonyl (C=O) groups is 4. The molecule has 5 unspecified atom stereocenters. The highest BCUT2D eigenvalue weighted by molar-refractivity contribution is 6.31. The summed E-state index contributed by atoms with van der Waals surface area (Å²) in [5.74, 6) is -3.84. The summed E-state index contributed by atoms with van der Waals surface area (Å²) in [6.07, 6.45) is 7.30. The summed E-state index contributed by atoms with van der Waals surface area (Å²) in [5, 5.41) is 22.5. The van der Waals surface area contributed by atoms with Crippen molar-refractivity contribution in [3.8, 4) is 23.0 Å². The fourth-order valence-electron chi connectivity index (χ4n) is 12.0. The number of ether oxygens (including phenoxy) is 9. The highest BCUT2D eigenvalue weighted by atomic mass is 35.5. The summed E-state index contributed by atoms with van der Waals surface area (Å²) in [7, 11) is 0. The van der Waals surface area contributed by atoms with Gasteiger partial charge in [0.1, 0.15) is 59.4 Å². The van der Waals surface area contributed by atoms with E-state index in [1.165, 1.54) is 24.3 Å². The van der Waals surface area contributed by atoms with Crippen molar-refractivity contribution >= 4 is 41.2 Å². The van der Waals surface area contributed by atoms with Crippen molar-refractivity contribution in [3.05, 3.63) is 134 Å². The molecule has 4 fully saturated rings. The first-order chi connectivity index (χ1) is 36.4. The van der Waals surface area contributed by atoms with Crippen molar-refractivity contribution in [2.45, 2.75) is 167 Å². The minimum Gasteiger partial charge on any atom is -0.482 e. The third kappa shape index (κ3) is 9.59. The Labute approximate surface area is 453 Å². The molecule has 3 aliphatic carbocycles. The van der Waals surface area contributed by atoms with E-state index in [0.29, 0.717) is 46.7 Å². The molecule has 11 rings (SSSR count). The lowest BCUT2D eigenvalue weighted by molar-refractivity contribution is -0.373. The van der Waals surface area contributed by atoms with Gasteiger partial charge in [0.05, 0.1) is 23.3 Å². The summed E-state index contributed by atoms with van der Waals surface area (Å²) in [4.78, 5) is 59.3. The molecule has 3 aromatic carbocycles. The van der Waals surface area contributed by atoms with Gasteiger partial charge in [0.25, 0.3) is 0 Å². The number of aliphatic hydroxyl groups excluding tert-OH is 2. The molecule has 1 spiro atoms. The van der Waals surface area contributed by atoms with Gasteiger partial charge in [-0.25, -0.2) is 9.59 Å². The van der Waals surface area contributed by atoms with E-state index in [-0.39, 0.29) is 71.4 Å². The number of rotatable bonds is 14. The number of halogens is 1. The molecule has 0 aromatic heterocycles.